The molecule has 27 heavy (non-hydrogen) atoms. The van der Waals surface area contributed by atoms with Crippen LogP contribution in [0.2, 0.25) is 0 Å². The van der Waals surface area contributed by atoms with Gasteiger partial charge in [-0.25, -0.2) is 9.78 Å². The lowest BCUT2D eigenvalue weighted by molar-refractivity contribution is -0.132. The number of carbonyl (C=O) groups is 1. The molecule has 0 aliphatic rings. The highest BCUT2D eigenvalue weighted by atomic mass is 32.1. The van der Waals surface area contributed by atoms with E-state index in [4.69, 9.17) is 0 Å². The highest BCUT2D eigenvalue weighted by molar-refractivity contribution is 7.09. The summed E-state index contributed by atoms with van der Waals surface area (Å²) in [6.45, 7) is 2.85. The average Bonchev–Trinajstić information content (AvgIpc) is 3.31. The number of carboxylic acids is 1. The molecule has 0 atom stereocenters. The number of aryl methyl sites for hydroxylation is 1. The van der Waals surface area contributed by atoms with E-state index in [1.54, 1.807) is 23.6 Å². The van der Waals surface area contributed by atoms with Gasteiger partial charge in [0, 0.05) is 29.8 Å². The van der Waals surface area contributed by atoms with Crippen molar-refractivity contribution in [3.8, 4) is 0 Å². The van der Waals surface area contributed by atoms with Crippen LogP contribution in [0.4, 0.5) is 0 Å². The maximum atomic E-state index is 11.8. The number of hydrogen-bond donors (Lipinski definition) is 1. The molecule has 1 N–H and O–H groups in total. The Bertz CT molecular complexity index is 896. The summed E-state index contributed by atoms with van der Waals surface area (Å²) in [7, 11) is 0. The fourth-order valence-electron chi connectivity index (χ4n) is 2.99. The first kappa shape index (κ1) is 19.1. The Morgan fingerprint density at radius 2 is 2.04 bits per heavy atom. The number of carboxylic acid groups (broad SMARTS) is 1. The molecule has 0 bridgehead atoms. The van der Waals surface area contributed by atoms with E-state index in [1.165, 1.54) is 5.56 Å². The Morgan fingerprint density at radius 1 is 1.22 bits per heavy atom. The first-order chi connectivity index (χ1) is 13.2. The molecule has 0 aliphatic heterocycles. The average molecular weight is 381 g/mol. The monoisotopic (exact) mass is 380 g/mol. The van der Waals surface area contributed by atoms with Gasteiger partial charge in [0.05, 0.1) is 11.9 Å². The molecule has 2 aromatic heterocycles. The van der Waals surface area contributed by atoms with Crippen molar-refractivity contribution in [2.24, 2.45) is 0 Å². The maximum absolute atomic E-state index is 11.8. The van der Waals surface area contributed by atoms with Crippen molar-refractivity contribution in [3.05, 3.63) is 81.6 Å². The summed E-state index contributed by atoms with van der Waals surface area (Å²) in [4.78, 5) is 17.4. The predicted octanol–water partition coefficient (Wildman–Crippen LogP) is 5.05. The van der Waals surface area contributed by atoms with Crippen molar-refractivity contribution in [1.82, 2.24) is 9.55 Å². The molecule has 4 nitrogen and oxygen atoms in total. The van der Waals surface area contributed by atoms with Crippen LogP contribution in [0.1, 0.15) is 41.7 Å². The van der Waals surface area contributed by atoms with Gasteiger partial charge in [0.25, 0.3) is 0 Å². The summed E-state index contributed by atoms with van der Waals surface area (Å²) in [6.07, 6.45) is 7.05. The fourth-order valence-corrected chi connectivity index (χ4v) is 3.72. The zero-order valence-corrected chi connectivity index (χ0v) is 16.3. The Labute approximate surface area is 163 Å². The molecule has 3 aromatic rings. The third-order valence-electron chi connectivity index (χ3n) is 4.45. The van der Waals surface area contributed by atoms with Gasteiger partial charge >= 0.3 is 5.97 Å². The minimum atomic E-state index is -0.883. The van der Waals surface area contributed by atoms with Gasteiger partial charge in [0.2, 0.25) is 0 Å². The molecule has 5 heteroatoms. The Morgan fingerprint density at radius 3 is 2.70 bits per heavy atom. The fraction of sp³-hybridized carbons (Fsp3) is 0.273. The van der Waals surface area contributed by atoms with E-state index in [2.05, 4.69) is 28.6 Å². The van der Waals surface area contributed by atoms with Crippen LogP contribution in [-0.4, -0.2) is 20.6 Å². The molecule has 1 aromatic carbocycles. The third-order valence-corrected chi connectivity index (χ3v) is 5.32. The number of hydrogen-bond acceptors (Lipinski definition) is 3. The number of thiophene rings is 1. The van der Waals surface area contributed by atoms with E-state index in [9.17, 15) is 9.90 Å². The number of aromatic nitrogens is 2. The zero-order valence-electron chi connectivity index (χ0n) is 15.5. The van der Waals surface area contributed by atoms with Gasteiger partial charge in [-0.3, -0.25) is 0 Å². The molecule has 0 radical (unpaired) electrons. The summed E-state index contributed by atoms with van der Waals surface area (Å²) in [5.41, 5.74) is 2.41. The zero-order chi connectivity index (χ0) is 19.1. The minimum absolute atomic E-state index is 0.383. The molecule has 140 valence electrons. The van der Waals surface area contributed by atoms with E-state index in [0.29, 0.717) is 18.5 Å². The summed E-state index contributed by atoms with van der Waals surface area (Å²) in [5, 5.41) is 11.6. The second-order valence-corrected chi connectivity index (χ2v) is 7.54. The van der Waals surface area contributed by atoms with E-state index in [-0.39, 0.29) is 0 Å². The molecule has 3 rings (SSSR count). The Hall–Kier alpha value is -2.66. The number of rotatable bonds is 9. The van der Waals surface area contributed by atoms with Gasteiger partial charge in [-0.1, -0.05) is 49.7 Å². The van der Waals surface area contributed by atoms with Crippen LogP contribution in [0.15, 0.2) is 59.6 Å². The third kappa shape index (κ3) is 5.17. The molecule has 2 heterocycles. The van der Waals surface area contributed by atoms with Crippen LogP contribution in [0.3, 0.4) is 0 Å². The Kier molecular flexibility index (Phi) is 6.60. The highest BCUT2D eigenvalue weighted by Gasteiger charge is 2.14. The smallest absolute Gasteiger partial charge is 0.332 e. The van der Waals surface area contributed by atoms with Crippen molar-refractivity contribution >= 4 is 23.4 Å². The van der Waals surface area contributed by atoms with Gasteiger partial charge in [0.1, 0.15) is 5.82 Å². The molecule has 0 fully saturated rings. The second-order valence-electron chi connectivity index (χ2n) is 6.51. The van der Waals surface area contributed by atoms with Gasteiger partial charge in [-0.2, -0.15) is 0 Å². The van der Waals surface area contributed by atoms with Crippen molar-refractivity contribution in [2.45, 2.75) is 39.2 Å². The summed E-state index contributed by atoms with van der Waals surface area (Å²) >= 11 is 1.58. The molecule has 0 saturated carbocycles. The Balaban J connectivity index is 1.94. The number of unbranched alkanes of at least 4 members (excludes halogenated alkanes) is 1. The number of nitrogens with zero attached hydrogens (tertiary/aromatic N) is 2. The van der Waals surface area contributed by atoms with E-state index >= 15 is 0 Å². The van der Waals surface area contributed by atoms with Crippen LogP contribution in [0, 0.1) is 0 Å². The van der Waals surface area contributed by atoms with Crippen LogP contribution >= 0.6 is 11.3 Å². The lowest BCUT2D eigenvalue weighted by atomic mass is 10.1. The number of aliphatic carboxylic acids is 1. The van der Waals surface area contributed by atoms with Gasteiger partial charge in [-0.05, 0) is 29.5 Å². The first-order valence-electron chi connectivity index (χ1n) is 9.22. The lowest BCUT2D eigenvalue weighted by Gasteiger charge is -2.11. The second kappa shape index (κ2) is 9.33. The van der Waals surface area contributed by atoms with E-state index in [1.807, 2.05) is 35.7 Å². The van der Waals surface area contributed by atoms with Crippen molar-refractivity contribution < 1.29 is 9.90 Å². The van der Waals surface area contributed by atoms with Crippen LogP contribution in [0.25, 0.3) is 6.08 Å². The highest BCUT2D eigenvalue weighted by Crippen LogP contribution is 2.19. The van der Waals surface area contributed by atoms with Crippen molar-refractivity contribution in [1.29, 1.82) is 0 Å². The quantitative estimate of drug-likeness (QED) is 0.529. The van der Waals surface area contributed by atoms with E-state index < -0.39 is 5.97 Å². The molecule has 0 unspecified atom stereocenters. The maximum Gasteiger partial charge on any atom is 0.332 e. The van der Waals surface area contributed by atoms with Crippen molar-refractivity contribution in [2.75, 3.05) is 0 Å². The summed E-state index contributed by atoms with van der Waals surface area (Å²) < 4.78 is 2.14. The van der Waals surface area contributed by atoms with Crippen LogP contribution < -0.4 is 0 Å². The predicted molar refractivity (Wildman–Crippen MR) is 110 cm³/mol. The standard InChI is InChI=1S/C22H24N2O2S/c1-2-3-11-21-23-15-19(24(21)16-17-8-5-4-6-9-17)13-18(22(25)26)14-20-10-7-12-27-20/h4-10,12-13,15H,2-3,11,14,16H2,1H3,(H,25,26)/b18-13+. The summed E-state index contributed by atoms with van der Waals surface area (Å²) in [5.74, 6) is 0.124. The van der Waals surface area contributed by atoms with Crippen molar-refractivity contribution in [3.63, 3.8) is 0 Å². The number of imidazole rings is 1. The number of benzene rings is 1. The van der Waals surface area contributed by atoms with Crippen LogP contribution in [0.5, 0.6) is 0 Å². The molecule has 0 aliphatic carbocycles. The lowest BCUT2D eigenvalue weighted by Crippen LogP contribution is -2.09. The summed E-state index contributed by atoms with van der Waals surface area (Å²) in [6, 6.07) is 14.1. The minimum Gasteiger partial charge on any atom is -0.478 e. The molecule has 0 amide bonds. The normalized spacial score (nSPS) is 11.7. The van der Waals surface area contributed by atoms with Gasteiger partial charge in [0.15, 0.2) is 0 Å². The first-order valence-corrected chi connectivity index (χ1v) is 10.1. The van der Waals surface area contributed by atoms with Gasteiger partial charge < -0.3 is 9.67 Å². The molecular weight excluding hydrogens is 356 g/mol. The molecule has 0 spiro atoms. The molecular formula is C22H24N2O2S. The van der Waals surface area contributed by atoms with Gasteiger partial charge in [-0.15, -0.1) is 11.3 Å². The molecule has 0 saturated heterocycles. The largest absolute Gasteiger partial charge is 0.478 e. The van der Waals surface area contributed by atoms with Crippen LogP contribution in [-0.2, 0) is 24.2 Å². The van der Waals surface area contributed by atoms with E-state index in [0.717, 1.165) is 35.7 Å². The SMILES string of the molecule is CCCCc1ncc(/C=C(\Cc2cccs2)C(=O)O)n1Cc1ccccc1. The topological polar surface area (TPSA) is 55.1 Å².